The molecule has 0 atom stereocenters. The summed E-state index contributed by atoms with van der Waals surface area (Å²) in [6, 6.07) is 15.5. The Morgan fingerprint density at radius 2 is 1.95 bits per heavy atom. The second kappa shape index (κ2) is 6.33. The molecule has 0 aliphatic rings. The van der Waals surface area contributed by atoms with Crippen LogP contribution in [0, 0.1) is 0 Å². The maximum atomic E-state index is 5.79. The molecule has 0 radical (unpaired) electrons. The molecular weight excluding hydrogens is 286 g/mol. The highest BCUT2D eigenvalue weighted by Gasteiger charge is 2.03. The van der Waals surface area contributed by atoms with Crippen LogP contribution in [0.5, 0.6) is 5.75 Å². The third-order valence-corrected chi connectivity index (χ3v) is 3.12. The van der Waals surface area contributed by atoms with Crippen molar-refractivity contribution >= 4 is 40.4 Å². The number of fused-ring (bicyclic) bond motifs is 1. The number of halogens is 1. The number of nitrogens with two attached hydrogens (primary N) is 1. The summed E-state index contributed by atoms with van der Waals surface area (Å²) in [5.41, 5.74) is 9.33. The minimum atomic E-state index is 0. The Balaban J connectivity index is 0.00000161. The predicted molar refractivity (Wildman–Crippen MR) is 89.7 cm³/mol. The van der Waals surface area contributed by atoms with Crippen molar-refractivity contribution in [3.05, 3.63) is 54.7 Å². The Labute approximate surface area is 129 Å². The van der Waals surface area contributed by atoms with Gasteiger partial charge < -0.3 is 15.8 Å². The molecule has 0 saturated carbocycles. The molecule has 2 aromatic carbocycles. The van der Waals surface area contributed by atoms with Gasteiger partial charge in [0.2, 0.25) is 0 Å². The lowest BCUT2D eigenvalue weighted by molar-refractivity contribution is 0.415. The average molecular weight is 302 g/mol. The quantitative estimate of drug-likeness (QED) is 0.718. The summed E-state index contributed by atoms with van der Waals surface area (Å²) in [5, 5.41) is 4.41. The second-order valence-corrected chi connectivity index (χ2v) is 4.49. The van der Waals surface area contributed by atoms with Crippen molar-refractivity contribution in [1.29, 1.82) is 0 Å². The number of pyridine rings is 1. The summed E-state index contributed by atoms with van der Waals surface area (Å²) in [6.07, 6.45) is 1.77. The molecule has 0 aliphatic carbocycles. The molecule has 0 aliphatic heterocycles. The van der Waals surface area contributed by atoms with E-state index in [1.54, 1.807) is 13.3 Å². The fourth-order valence-corrected chi connectivity index (χ4v) is 2.13. The minimum Gasteiger partial charge on any atom is -0.497 e. The van der Waals surface area contributed by atoms with Crippen LogP contribution in [0.25, 0.3) is 10.9 Å². The molecule has 0 unspecified atom stereocenters. The average Bonchev–Trinajstić information content (AvgIpc) is 2.47. The third-order valence-electron chi connectivity index (χ3n) is 3.12. The van der Waals surface area contributed by atoms with Crippen LogP contribution in [0.4, 0.5) is 17.1 Å². The molecule has 3 rings (SSSR count). The first-order valence-corrected chi connectivity index (χ1v) is 6.31. The number of ether oxygens (including phenoxy) is 1. The zero-order valence-electron chi connectivity index (χ0n) is 11.5. The first kappa shape index (κ1) is 14.9. The fourth-order valence-electron chi connectivity index (χ4n) is 2.13. The molecule has 3 N–H and O–H groups in total. The number of nitrogen functional groups attached to an aromatic ring is 1. The van der Waals surface area contributed by atoms with Crippen molar-refractivity contribution in [2.45, 2.75) is 0 Å². The van der Waals surface area contributed by atoms with E-state index in [1.807, 2.05) is 48.5 Å². The highest BCUT2D eigenvalue weighted by atomic mass is 35.5. The van der Waals surface area contributed by atoms with E-state index in [0.29, 0.717) is 5.69 Å². The fraction of sp³-hybridized carbons (Fsp3) is 0.0625. The maximum Gasteiger partial charge on any atom is 0.120 e. The standard InChI is InChI=1S/C16H15N3O.ClH/c1-20-13-4-2-3-12(10-13)19-15-7-8-18-16-9-11(17)5-6-14(15)16;/h2-10H,17H2,1H3,(H,18,19);1H. The van der Waals surface area contributed by atoms with Crippen molar-refractivity contribution in [3.63, 3.8) is 0 Å². The molecular formula is C16H16ClN3O. The van der Waals surface area contributed by atoms with E-state index in [0.717, 1.165) is 28.0 Å². The van der Waals surface area contributed by atoms with Gasteiger partial charge in [-0.25, -0.2) is 0 Å². The maximum absolute atomic E-state index is 5.79. The largest absolute Gasteiger partial charge is 0.497 e. The van der Waals surface area contributed by atoms with Crippen LogP contribution in [0.3, 0.4) is 0 Å². The summed E-state index contributed by atoms with van der Waals surface area (Å²) in [5.74, 6) is 0.817. The number of aromatic nitrogens is 1. The summed E-state index contributed by atoms with van der Waals surface area (Å²) in [4.78, 5) is 4.33. The Kier molecular flexibility index (Phi) is 4.50. The van der Waals surface area contributed by atoms with Crippen LogP contribution in [0.2, 0.25) is 0 Å². The topological polar surface area (TPSA) is 60.2 Å². The van der Waals surface area contributed by atoms with Crippen molar-refractivity contribution < 1.29 is 4.74 Å². The van der Waals surface area contributed by atoms with E-state index in [2.05, 4.69) is 10.3 Å². The molecule has 21 heavy (non-hydrogen) atoms. The van der Waals surface area contributed by atoms with Gasteiger partial charge in [-0.2, -0.15) is 0 Å². The van der Waals surface area contributed by atoms with Crippen LogP contribution >= 0.6 is 12.4 Å². The van der Waals surface area contributed by atoms with Crippen LogP contribution in [-0.4, -0.2) is 12.1 Å². The van der Waals surface area contributed by atoms with Gasteiger partial charge in [0, 0.05) is 34.7 Å². The summed E-state index contributed by atoms with van der Waals surface area (Å²) < 4.78 is 5.23. The smallest absolute Gasteiger partial charge is 0.120 e. The Morgan fingerprint density at radius 1 is 1.10 bits per heavy atom. The first-order valence-electron chi connectivity index (χ1n) is 6.31. The monoisotopic (exact) mass is 301 g/mol. The summed E-state index contributed by atoms with van der Waals surface area (Å²) in [6.45, 7) is 0. The normalized spacial score (nSPS) is 9.95. The molecule has 3 aromatic rings. The highest BCUT2D eigenvalue weighted by molar-refractivity contribution is 5.94. The van der Waals surface area contributed by atoms with E-state index >= 15 is 0 Å². The molecule has 108 valence electrons. The van der Waals surface area contributed by atoms with Gasteiger partial charge in [-0.3, -0.25) is 4.98 Å². The zero-order valence-corrected chi connectivity index (χ0v) is 12.4. The number of nitrogens with zero attached hydrogens (tertiary/aromatic N) is 1. The Morgan fingerprint density at radius 3 is 2.76 bits per heavy atom. The lowest BCUT2D eigenvalue weighted by Crippen LogP contribution is -1.94. The predicted octanol–water partition coefficient (Wildman–Crippen LogP) is 3.99. The molecule has 1 heterocycles. The Bertz CT molecular complexity index is 761. The van der Waals surface area contributed by atoms with Crippen molar-refractivity contribution in [2.75, 3.05) is 18.2 Å². The lowest BCUT2D eigenvalue weighted by Gasteiger charge is -2.10. The Hall–Kier alpha value is -2.46. The molecule has 1 aromatic heterocycles. The van der Waals surface area contributed by atoms with Gasteiger partial charge in [0.05, 0.1) is 12.6 Å². The van der Waals surface area contributed by atoms with Crippen molar-refractivity contribution in [2.24, 2.45) is 0 Å². The van der Waals surface area contributed by atoms with Crippen LogP contribution in [0.1, 0.15) is 0 Å². The van der Waals surface area contributed by atoms with Gasteiger partial charge in [-0.1, -0.05) is 6.07 Å². The van der Waals surface area contributed by atoms with Gasteiger partial charge >= 0.3 is 0 Å². The minimum absolute atomic E-state index is 0. The van der Waals surface area contributed by atoms with Gasteiger partial charge in [0.1, 0.15) is 5.75 Å². The number of anilines is 3. The number of methoxy groups -OCH3 is 1. The zero-order chi connectivity index (χ0) is 13.9. The van der Waals surface area contributed by atoms with Gasteiger partial charge in [0.15, 0.2) is 0 Å². The third kappa shape index (κ3) is 3.17. The van der Waals surface area contributed by atoms with E-state index in [-0.39, 0.29) is 12.4 Å². The van der Waals surface area contributed by atoms with Gasteiger partial charge in [-0.15, -0.1) is 12.4 Å². The number of hydrogen-bond acceptors (Lipinski definition) is 4. The summed E-state index contributed by atoms with van der Waals surface area (Å²) in [7, 11) is 1.66. The molecule has 0 saturated heterocycles. The van der Waals surface area contributed by atoms with Crippen LogP contribution < -0.4 is 15.8 Å². The second-order valence-electron chi connectivity index (χ2n) is 4.49. The van der Waals surface area contributed by atoms with E-state index < -0.39 is 0 Å². The van der Waals surface area contributed by atoms with Crippen LogP contribution in [0.15, 0.2) is 54.7 Å². The first-order chi connectivity index (χ1) is 9.76. The molecule has 5 heteroatoms. The van der Waals surface area contributed by atoms with Crippen LogP contribution in [-0.2, 0) is 0 Å². The molecule has 0 bridgehead atoms. The van der Waals surface area contributed by atoms with Crippen molar-refractivity contribution in [1.82, 2.24) is 4.98 Å². The van der Waals surface area contributed by atoms with Gasteiger partial charge in [0.25, 0.3) is 0 Å². The summed E-state index contributed by atoms with van der Waals surface area (Å²) >= 11 is 0. The number of benzene rings is 2. The number of rotatable bonds is 3. The SMILES string of the molecule is COc1cccc(Nc2ccnc3cc(N)ccc23)c1.Cl. The molecule has 0 amide bonds. The molecule has 0 spiro atoms. The van der Waals surface area contributed by atoms with E-state index in [1.165, 1.54) is 0 Å². The van der Waals surface area contributed by atoms with Gasteiger partial charge in [-0.05, 0) is 36.4 Å². The lowest BCUT2D eigenvalue weighted by atomic mass is 10.1. The van der Waals surface area contributed by atoms with E-state index in [4.69, 9.17) is 10.5 Å². The molecule has 4 nitrogen and oxygen atoms in total. The van der Waals surface area contributed by atoms with Crippen molar-refractivity contribution in [3.8, 4) is 5.75 Å². The number of nitrogens with one attached hydrogen (secondary N) is 1. The number of hydrogen-bond donors (Lipinski definition) is 2. The van der Waals surface area contributed by atoms with E-state index in [9.17, 15) is 0 Å². The molecule has 0 fully saturated rings. The highest BCUT2D eigenvalue weighted by Crippen LogP contribution is 2.27.